The molecule has 0 heterocycles. The molecule has 1 aliphatic carbocycles. The SMILES string of the molecule is C=CCCC(C)NC1CCCCCC1CO. The van der Waals surface area contributed by atoms with Crippen LogP contribution in [-0.4, -0.2) is 23.8 Å². The van der Waals surface area contributed by atoms with Gasteiger partial charge in [0.15, 0.2) is 0 Å². The summed E-state index contributed by atoms with van der Waals surface area (Å²) in [4.78, 5) is 0. The Labute approximate surface area is 100 Å². The van der Waals surface area contributed by atoms with Crippen LogP contribution in [0.5, 0.6) is 0 Å². The molecule has 2 nitrogen and oxygen atoms in total. The summed E-state index contributed by atoms with van der Waals surface area (Å²) >= 11 is 0. The average Bonchev–Trinajstić information content (AvgIpc) is 2.51. The second-order valence-corrected chi connectivity index (χ2v) is 5.12. The molecule has 3 atom stereocenters. The molecule has 0 aromatic carbocycles. The third kappa shape index (κ3) is 4.67. The van der Waals surface area contributed by atoms with Crippen LogP contribution < -0.4 is 5.32 Å². The van der Waals surface area contributed by atoms with Gasteiger partial charge in [-0.1, -0.05) is 25.3 Å². The van der Waals surface area contributed by atoms with Crippen molar-refractivity contribution in [1.82, 2.24) is 5.32 Å². The lowest BCUT2D eigenvalue weighted by Gasteiger charge is -2.28. The molecule has 2 N–H and O–H groups in total. The van der Waals surface area contributed by atoms with Gasteiger partial charge in [0, 0.05) is 18.7 Å². The lowest BCUT2D eigenvalue weighted by Crippen LogP contribution is -2.42. The third-order valence-electron chi connectivity index (χ3n) is 3.70. The second kappa shape index (κ2) is 7.86. The van der Waals surface area contributed by atoms with E-state index < -0.39 is 0 Å². The number of hydrogen-bond acceptors (Lipinski definition) is 2. The first-order valence-corrected chi connectivity index (χ1v) is 6.75. The van der Waals surface area contributed by atoms with Crippen LogP contribution in [0.4, 0.5) is 0 Å². The standard InChI is InChI=1S/C14H27NO/c1-3-4-8-12(2)15-14-10-7-5-6-9-13(14)11-16/h3,12-16H,1,4-11H2,2H3. The molecule has 0 spiro atoms. The van der Waals surface area contributed by atoms with Gasteiger partial charge >= 0.3 is 0 Å². The molecule has 1 saturated carbocycles. The quantitative estimate of drug-likeness (QED) is 0.538. The molecule has 0 aromatic rings. The van der Waals surface area contributed by atoms with Crippen LogP contribution in [0.15, 0.2) is 12.7 Å². The van der Waals surface area contributed by atoms with Gasteiger partial charge in [-0.25, -0.2) is 0 Å². The Morgan fingerprint density at radius 2 is 2.12 bits per heavy atom. The summed E-state index contributed by atoms with van der Waals surface area (Å²) in [7, 11) is 0. The van der Waals surface area contributed by atoms with Gasteiger partial charge in [-0.3, -0.25) is 0 Å². The minimum atomic E-state index is 0.339. The van der Waals surface area contributed by atoms with Crippen LogP contribution in [0.25, 0.3) is 0 Å². The predicted molar refractivity (Wildman–Crippen MR) is 69.5 cm³/mol. The summed E-state index contributed by atoms with van der Waals surface area (Å²) in [5, 5.41) is 13.1. The highest BCUT2D eigenvalue weighted by Gasteiger charge is 2.23. The molecule has 0 aliphatic heterocycles. The van der Waals surface area contributed by atoms with Crippen LogP contribution in [-0.2, 0) is 0 Å². The normalized spacial score (nSPS) is 28.4. The van der Waals surface area contributed by atoms with E-state index in [0.717, 1.165) is 12.8 Å². The number of allylic oxidation sites excluding steroid dienone is 1. The second-order valence-electron chi connectivity index (χ2n) is 5.12. The van der Waals surface area contributed by atoms with Crippen molar-refractivity contribution in [2.45, 2.75) is 64.0 Å². The van der Waals surface area contributed by atoms with E-state index in [1.54, 1.807) is 0 Å². The average molecular weight is 225 g/mol. The van der Waals surface area contributed by atoms with Crippen LogP contribution in [0.3, 0.4) is 0 Å². The van der Waals surface area contributed by atoms with Gasteiger partial charge in [-0.05, 0) is 38.5 Å². The number of rotatable bonds is 6. The van der Waals surface area contributed by atoms with Gasteiger partial charge in [0.25, 0.3) is 0 Å². The van der Waals surface area contributed by atoms with Crippen LogP contribution in [0.2, 0.25) is 0 Å². The van der Waals surface area contributed by atoms with E-state index in [0.29, 0.717) is 24.6 Å². The maximum absolute atomic E-state index is 9.42. The van der Waals surface area contributed by atoms with E-state index in [-0.39, 0.29) is 0 Å². The van der Waals surface area contributed by atoms with Crippen molar-refractivity contribution in [2.24, 2.45) is 5.92 Å². The summed E-state index contributed by atoms with van der Waals surface area (Å²) in [5.41, 5.74) is 0. The van der Waals surface area contributed by atoms with E-state index in [1.165, 1.54) is 32.1 Å². The van der Waals surface area contributed by atoms with Crippen molar-refractivity contribution < 1.29 is 5.11 Å². The van der Waals surface area contributed by atoms with E-state index >= 15 is 0 Å². The Bertz CT molecular complexity index is 193. The van der Waals surface area contributed by atoms with Crippen LogP contribution >= 0.6 is 0 Å². The largest absolute Gasteiger partial charge is 0.396 e. The molecular formula is C14H27NO. The fourth-order valence-corrected chi connectivity index (χ4v) is 2.64. The van der Waals surface area contributed by atoms with Gasteiger partial charge in [-0.2, -0.15) is 0 Å². The van der Waals surface area contributed by atoms with E-state index in [1.807, 2.05) is 6.08 Å². The fourth-order valence-electron chi connectivity index (χ4n) is 2.64. The molecule has 1 fully saturated rings. The Balaban J connectivity index is 2.38. The molecule has 3 unspecified atom stereocenters. The maximum atomic E-state index is 9.42. The highest BCUT2D eigenvalue weighted by Crippen LogP contribution is 2.23. The summed E-state index contributed by atoms with van der Waals surface area (Å²) in [6, 6.07) is 1.06. The zero-order valence-corrected chi connectivity index (χ0v) is 10.6. The Morgan fingerprint density at radius 3 is 2.81 bits per heavy atom. The minimum absolute atomic E-state index is 0.339. The lowest BCUT2D eigenvalue weighted by atomic mass is 9.94. The number of aliphatic hydroxyl groups is 1. The van der Waals surface area contributed by atoms with Gasteiger partial charge in [-0.15, -0.1) is 6.58 Å². The monoisotopic (exact) mass is 225 g/mol. The first-order chi connectivity index (χ1) is 7.77. The minimum Gasteiger partial charge on any atom is -0.396 e. The molecule has 0 saturated heterocycles. The molecule has 0 aromatic heterocycles. The molecule has 94 valence electrons. The first-order valence-electron chi connectivity index (χ1n) is 6.75. The Hall–Kier alpha value is -0.340. The smallest absolute Gasteiger partial charge is 0.0474 e. The summed E-state index contributed by atoms with van der Waals surface area (Å²) < 4.78 is 0. The summed E-state index contributed by atoms with van der Waals surface area (Å²) in [5.74, 6) is 0.466. The Morgan fingerprint density at radius 1 is 1.38 bits per heavy atom. The summed E-state index contributed by atoms with van der Waals surface area (Å²) in [6.07, 6.45) is 10.5. The molecule has 2 heteroatoms. The van der Waals surface area contributed by atoms with E-state index in [4.69, 9.17) is 0 Å². The van der Waals surface area contributed by atoms with Crippen molar-refractivity contribution in [3.63, 3.8) is 0 Å². The molecule has 1 rings (SSSR count). The Kier molecular flexibility index (Phi) is 6.74. The number of aliphatic hydroxyl groups excluding tert-OH is 1. The number of nitrogens with one attached hydrogen (secondary N) is 1. The van der Waals surface area contributed by atoms with Crippen molar-refractivity contribution in [3.8, 4) is 0 Å². The maximum Gasteiger partial charge on any atom is 0.0474 e. The number of hydrogen-bond donors (Lipinski definition) is 2. The highest BCUT2D eigenvalue weighted by molar-refractivity contribution is 4.82. The fraction of sp³-hybridized carbons (Fsp3) is 0.857. The molecule has 0 radical (unpaired) electrons. The van der Waals surface area contributed by atoms with Crippen molar-refractivity contribution in [2.75, 3.05) is 6.61 Å². The van der Waals surface area contributed by atoms with E-state index in [9.17, 15) is 5.11 Å². The molecule has 1 aliphatic rings. The molecule has 0 bridgehead atoms. The molecule has 0 amide bonds. The van der Waals surface area contributed by atoms with Gasteiger partial charge in [0.05, 0.1) is 0 Å². The van der Waals surface area contributed by atoms with Gasteiger partial charge < -0.3 is 10.4 Å². The van der Waals surface area contributed by atoms with Crippen molar-refractivity contribution >= 4 is 0 Å². The van der Waals surface area contributed by atoms with Gasteiger partial charge in [0.2, 0.25) is 0 Å². The topological polar surface area (TPSA) is 32.3 Å². The molecular weight excluding hydrogens is 198 g/mol. The zero-order valence-electron chi connectivity index (χ0n) is 10.6. The molecule has 16 heavy (non-hydrogen) atoms. The van der Waals surface area contributed by atoms with Gasteiger partial charge in [0.1, 0.15) is 0 Å². The summed E-state index contributed by atoms with van der Waals surface area (Å²) in [6.45, 7) is 6.34. The first kappa shape index (κ1) is 13.7. The lowest BCUT2D eigenvalue weighted by molar-refractivity contribution is 0.175. The van der Waals surface area contributed by atoms with Crippen molar-refractivity contribution in [3.05, 3.63) is 12.7 Å². The van der Waals surface area contributed by atoms with E-state index in [2.05, 4.69) is 18.8 Å². The highest BCUT2D eigenvalue weighted by atomic mass is 16.3. The van der Waals surface area contributed by atoms with Crippen molar-refractivity contribution in [1.29, 1.82) is 0 Å². The predicted octanol–water partition coefficient (Wildman–Crippen LogP) is 2.87. The zero-order chi connectivity index (χ0) is 11.8. The van der Waals surface area contributed by atoms with Crippen LogP contribution in [0, 0.1) is 5.92 Å². The van der Waals surface area contributed by atoms with Crippen LogP contribution in [0.1, 0.15) is 51.9 Å². The third-order valence-corrected chi connectivity index (χ3v) is 3.70.